The van der Waals surface area contributed by atoms with Gasteiger partial charge in [0.2, 0.25) is 0 Å². The number of rotatable bonds is 6. The van der Waals surface area contributed by atoms with Gasteiger partial charge in [0, 0.05) is 24.9 Å². The van der Waals surface area contributed by atoms with Crippen molar-refractivity contribution < 1.29 is 38.9 Å². The van der Waals surface area contributed by atoms with Crippen LogP contribution in [-0.2, 0) is 23.9 Å². The highest BCUT2D eigenvalue weighted by molar-refractivity contribution is 7.99. The molecule has 1 heterocycles. The lowest BCUT2D eigenvalue weighted by Gasteiger charge is -2.27. The van der Waals surface area contributed by atoms with Crippen LogP contribution in [0, 0.1) is 6.92 Å². The molecule has 2 atom stereocenters. The van der Waals surface area contributed by atoms with Gasteiger partial charge in [0.1, 0.15) is 5.75 Å². The highest BCUT2D eigenvalue weighted by atomic mass is 32.2. The Labute approximate surface area is 207 Å². The average molecular weight is 505 g/mol. The highest BCUT2D eigenvalue weighted by Gasteiger charge is 2.40. The van der Waals surface area contributed by atoms with Gasteiger partial charge < -0.3 is 29.9 Å². The van der Waals surface area contributed by atoms with E-state index in [1.165, 1.54) is 6.92 Å². The number of thioether (sulfide) groups is 1. The first-order valence-electron chi connectivity index (χ1n) is 10.6. The summed E-state index contributed by atoms with van der Waals surface area (Å²) in [6, 6.07) is 13.6. The smallest absolute Gasteiger partial charge is 0.414 e. The van der Waals surface area contributed by atoms with Crippen LogP contribution in [0.5, 0.6) is 5.75 Å². The van der Waals surface area contributed by atoms with E-state index in [1.54, 1.807) is 23.8 Å². The second-order valence-electron chi connectivity index (χ2n) is 7.52. The topological polar surface area (TPSA) is 142 Å². The van der Waals surface area contributed by atoms with Crippen molar-refractivity contribution in [2.75, 3.05) is 32.1 Å². The van der Waals surface area contributed by atoms with Gasteiger partial charge in [-0.2, -0.15) is 0 Å². The number of aryl methyl sites for hydroxylation is 1. The molecule has 11 heteroatoms. The van der Waals surface area contributed by atoms with Gasteiger partial charge in [0.25, 0.3) is 5.91 Å². The van der Waals surface area contributed by atoms with Crippen LogP contribution in [0.15, 0.2) is 47.4 Å². The fraction of sp³-hybridized carbons (Fsp3) is 0.333. The third kappa shape index (κ3) is 7.46. The predicted octanol–water partition coefficient (Wildman–Crippen LogP) is 2.49. The van der Waals surface area contributed by atoms with Crippen molar-refractivity contribution in [3.05, 3.63) is 53.6 Å². The molecule has 1 amide bonds. The first kappa shape index (κ1) is 27.7. The van der Waals surface area contributed by atoms with Gasteiger partial charge in [-0.05, 0) is 49.4 Å². The number of benzene rings is 2. The van der Waals surface area contributed by atoms with Crippen LogP contribution in [0.2, 0.25) is 0 Å². The lowest BCUT2D eigenvalue weighted by atomic mass is 10.1. The van der Waals surface area contributed by atoms with Crippen molar-refractivity contribution in [3.8, 4) is 5.75 Å². The van der Waals surface area contributed by atoms with Gasteiger partial charge in [0.15, 0.2) is 6.10 Å². The molecule has 35 heavy (non-hydrogen) atoms. The van der Waals surface area contributed by atoms with Crippen LogP contribution < -0.4 is 15.0 Å². The molecule has 0 bridgehead atoms. The molecule has 0 saturated heterocycles. The zero-order valence-electron chi connectivity index (χ0n) is 19.8. The number of esters is 1. The molecule has 0 aromatic heterocycles. The van der Waals surface area contributed by atoms with Gasteiger partial charge in [-0.15, -0.1) is 11.8 Å². The molecule has 0 fully saturated rings. The molecule has 3 rings (SSSR count). The van der Waals surface area contributed by atoms with Crippen LogP contribution in [0.25, 0.3) is 0 Å². The number of carboxylic acids is 2. The molecule has 2 unspecified atom stereocenters. The van der Waals surface area contributed by atoms with Crippen LogP contribution in [0.4, 0.5) is 5.69 Å². The maximum atomic E-state index is 13.5. The summed E-state index contributed by atoms with van der Waals surface area (Å²) >= 11 is 1.55. The Balaban J connectivity index is 0.000000641. The van der Waals surface area contributed by atoms with Gasteiger partial charge in [-0.3, -0.25) is 9.59 Å². The normalized spacial score (nSPS) is 16.8. The minimum atomic E-state index is -1.82. The number of aliphatic carboxylic acids is 2. The first-order valence-corrected chi connectivity index (χ1v) is 11.5. The van der Waals surface area contributed by atoms with Crippen LogP contribution >= 0.6 is 11.8 Å². The van der Waals surface area contributed by atoms with E-state index in [2.05, 4.69) is 11.4 Å². The lowest BCUT2D eigenvalue weighted by Crippen LogP contribution is -2.45. The molecule has 0 spiro atoms. The number of hydrogen-bond donors (Lipinski definition) is 3. The number of ether oxygens (including phenoxy) is 2. The van der Waals surface area contributed by atoms with Crippen LogP contribution in [-0.4, -0.2) is 67.4 Å². The number of anilines is 1. The Morgan fingerprint density at radius 3 is 2.23 bits per heavy atom. The molecular formula is C24H28N2O8S. The minimum Gasteiger partial charge on any atom is -0.497 e. The van der Waals surface area contributed by atoms with Crippen molar-refractivity contribution in [2.45, 2.75) is 30.1 Å². The lowest BCUT2D eigenvalue weighted by molar-refractivity contribution is -0.159. The first-order chi connectivity index (χ1) is 16.6. The summed E-state index contributed by atoms with van der Waals surface area (Å²) in [4.78, 5) is 46.3. The van der Waals surface area contributed by atoms with E-state index in [4.69, 9.17) is 29.3 Å². The monoisotopic (exact) mass is 504 g/mol. The number of nitrogens with one attached hydrogen (secondary N) is 1. The molecular weight excluding hydrogens is 476 g/mol. The summed E-state index contributed by atoms with van der Waals surface area (Å²) in [7, 11) is 3.45. The van der Waals surface area contributed by atoms with Crippen molar-refractivity contribution in [1.82, 2.24) is 5.32 Å². The highest BCUT2D eigenvalue weighted by Crippen LogP contribution is 2.47. The van der Waals surface area contributed by atoms with E-state index in [0.29, 0.717) is 13.1 Å². The molecule has 10 nitrogen and oxygen atoms in total. The molecule has 0 radical (unpaired) electrons. The van der Waals surface area contributed by atoms with Gasteiger partial charge in [-0.25, -0.2) is 9.59 Å². The van der Waals surface area contributed by atoms with Gasteiger partial charge in [-0.1, -0.05) is 18.2 Å². The number of carbonyl (C=O) groups is 4. The van der Waals surface area contributed by atoms with Crippen molar-refractivity contribution >= 4 is 41.3 Å². The standard InChI is InChI=1S/C22H26N2O4S.C2H2O4/c1-14-5-10-18-19(13-14)29-21(16-6-8-17(27-4)9-7-16)20(28-15(2)25)22(26)24(18)12-11-23-3;3-1(4)2(5)6/h5-10,13,20-21,23H,11-12H2,1-4H3;(H,3,4)(H,5,6). The largest absolute Gasteiger partial charge is 0.497 e. The minimum absolute atomic E-state index is 0.216. The quantitative estimate of drug-likeness (QED) is 0.397. The number of methoxy groups -OCH3 is 1. The van der Waals surface area contributed by atoms with E-state index in [1.807, 2.05) is 50.4 Å². The molecule has 0 saturated carbocycles. The fourth-order valence-electron chi connectivity index (χ4n) is 3.32. The number of hydrogen-bond acceptors (Lipinski definition) is 8. The Morgan fingerprint density at radius 1 is 1.09 bits per heavy atom. The van der Waals surface area contributed by atoms with E-state index >= 15 is 0 Å². The maximum absolute atomic E-state index is 13.5. The maximum Gasteiger partial charge on any atom is 0.414 e. The molecule has 3 N–H and O–H groups in total. The summed E-state index contributed by atoms with van der Waals surface area (Å²) in [5.74, 6) is -3.61. The van der Waals surface area contributed by atoms with Crippen molar-refractivity contribution in [3.63, 3.8) is 0 Å². The molecule has 0 aliphatic carbocycles. The summed E-state index contributed by atoms with van der Waals surface area (Å²) in [6.07, 6.45) is -0.921. The number of fused-ring (bicyclic) bond motifs is 1. The molecule has 1 aliphatic heterocycles. The van der Waals surface area contributed by atoms with E-state index in [-0.39, 0.29) is 11.2 Å². The van der Waals surface area contributed by atoms with Crippen LogP contribution in [0.1, 0.15) is 23.3 Å². The van der Waals surface area contributed by atoms with Crippen LogP contribution in [0.3, 0.4) is 0 Å². The molecule has 188 valence electrons. The van der Waals surface area contributed by atoms with Gasteiger partial charge in [0.05, 0.1) is 18.0 Å². The van der Waals surface area contributed by atoms with Crippen molar-refractivity contribution in [2.24, 2.45) is 0 Å². The van der Waals surface area contributed by atoms with E-state index < -0.39 is 24.0 Å². The Kier molecular flexibility index (Phi) is 10.1. The number of nitrogens with zero attached hydrogens (tertiary/aromatic N) is 1. The second-order valence-corrected chi connectivity index (χ2v) is 8.70. The third-order valence-electron chi connectivity index (χ3n) is 4.95. The number of amides is 1. The fourth-order valence-corrected chi connectivity index (χ4v) is 4.74. The number of likely N-dealkylation sites (N-methyl/N-ethyl adjacent to an activating group) is 1. The molecule has 1 aliphatic rings. The SMILES string of the molecule is CNCCN1C(=O)C(OC(C)=O)C(c2ccc(OC)cc2)Sc2cc(C)ccc21.O=C(O)C(=O)O. The summed E-state index contributed by atoms with van der Waals surface area (Å²) in [5.41, 5.74) is 2.85. The summed E-state index contributed by atoms with van der Waals surface area (Å²) in [5, 5.41) is 17.5. The third-order valence-corrected chi connectivity index (χ3v) is 6.30. The number of carboxylic acid groups (broad SMARTS) is 2. The predicted molar refractivity (Wildman–Crippen MR) is 130 cm³/mol. The molecule has 2 aromatic rings. The summed E-state index contributed by atoms with van der Waals surface area (Å²) < 4.78 is 10.8. The van der Waals surface area contributed by atoms with E-state index in [0.717, 1.165) is 27.5 Å². The number of carbonyl (C=O) groups excluding carboxylic acids is 2. The molecule has 2 aromatic carbocycles. The zero-order valence-corrected chi connectivity index (χ0v) is 20.6. The average Bonchev–Trinajstić information content (AvgIpc) is 2.92. The Bertz CT molecular complexity index is 1060. The van der Waals surface area contributed by atoms with Gasteiger partial charge >= 0.3 is 17.9 Å². The summed E-state index contributed by atoms with van der Waals surface area (Å²) in [6.45, 7) is 4.48. The van der Waals surface area contributed by atoms with Crippen molar-refractivity contribution in [1.29, 1.82) is 0 Å². The Morgan fingerprint density at radius 2 is 1.71 bits per heavy atom. The second kappa shape index (κ2) is 12.8. The zero-order chi connectivity index (χ0) is 26.1. The Hall–Kier alpha value is -3.57. The van der Waals surface area contributed by atoms with E-state index in [9.17, 15) is 9.59 Å².